The fourth-order valence-corrected chi connectivity index (χ4v) is 6.54. The van der Waals surface area contributed by atoms with Crippen LogP contribution in [-0.2, 0) is 23.5 Å². The first kappa shape index (κ1) is 31.9. The molecule has 246 valence electrons. The van der Waals surface area contributed by atoms with Crippen molar-refractivity contribution in [3.63, 3.8) is 0 Å². The molecule has 2 aromatic heterocycles. The van der Waals surface area contributed by atoms with Crippen molar-refractivity contribution in [2.75, 3.05) is 11.5 Å². The van der Waals surface area contributed by atoms with E-state index in [1.807, 2.05) is 116 Å². The van der Waals surface area contributed by atoms with Gasteiger partial charge in [-0.25, -0.2) is 0 Å². The fraction of sp³-hybridized carbons (Fsp3) is 0.205. The Bertz CT molecular complexity index is 2190. The van der Waals surface area contributed by atoms with E-state index in [0.717, 1.165) is 16.5 Å². The summed E-state index contributed by atoms with van der Waals surface area (Å²) < 4.78 is 3.10. The van der Waals surface area contributed by atoms with Gasteiger partial charge in [-0.05, 0) is 41.8 Å². The van der Waals surface area contributed by atoms with Crippen LogP contribution in [0, 0.1) is 5.92 Å². The fourth-order valence-electron chi connectivity index (χ4n) is 6.54. The molecule has 49 heavy (non-hydrogen) atoms. The van der Waals surface area contributed by atoms with Crippen LogP contribution in [0.5, 0.6) is 0 Å². The minimum atomic E-state index is -1.74. The summed E-state index contributed by atoms with van der Waals surface area (Å²) in [6.07, 6.45) is 7.95. The lowest BCUT2D eigenvalue weighted by atomic mass is 9.83. The number of aromatic nitrogens is 5. The molecule has 1 amide bonds. The van der Waals surface area contributed by atoms with Crippen LogP contribution >= 0.6 is 0 Å². The Morgan fingerprint density at radius 1 is 0.898 bits per heavy atom. The summed E-state index contributed by atoms with van der Waals surface area (Å²) in [6.45, 7) is 2.58. The molecule has 3 atom stereocenters. The standard InChI is InChI=1S/C39H36N6O4/c1-27(11-9-10-22-43-25-35(41-42-43)33(26-46)29-12-3-2-4-13-29)39(49)34-16-7-8-17-36(34)44(38(39)48)24-28-18-20-31(21-19-28)45-37(47)32-15-6-5-14-30(32)23-40-45/h2-9,11-21,23,25,27,33,46,49H,10,22,24,26H2,1H3/b11-9+/t27-,33?,39+/m0/s1. The van der Waals surface area contributed by atoms with Crippen LogP contribution in [0.4, 0.5) is 5.69 Å². The molecule has 7 rings (SSSR count). The number of aliphatic hydroxyl groups excluding tert-OH is 1. The molecule has 3 heterocycles. The van der Waals surface area contributed by atoms with E-state index in [2.05, 4.69) is 15.4 Å². The Labute approximate surface area is 283 Å². The molecular weight excluding hydrogens is 616 g/mol. The van der Waals surface area contributed by atoms with Crippen LogP contribution in [0.15, 0.2) is 132 Å². The zero-order chi connectivity index (χ0) is 34.0. The van der Waals surface area contributed by atoms with Gasteiger partial charge in [-0.15, -0.1) is 5.10 Å². The zero-order valence-corrected chi connectivity index (χ0v) is 27.0. The number of fused-ring (bicyclic) bond motifs is 2. The van der Waals surface area contributed by atoms with Crippen molar-refractivity contribution in [3.05, 3.63) is 160 Å². The number of carbonyl (C=O) groups is 1. The third kappa shape index (κ3) is 5.96. The van der Waals surface area contributed by atoms with Crippen LogP contribution in [-0.4, -0.2) is 47.5 Å². The third-order valence-electron chi connectivity index (χ3n) is 9.30. The predicted molar refractivity (Wildman–Crippen MR) is 187 cm³/mol. The molecule has 0 fully saturated rings. The summed E-state index contributed by atoms with van der Waals surface area (Å²) in [5.41, 5.74) is 2.43. The molecule has 0 aliphatic carbocycles. The van der Waals surface area contributed by atoms with Crippen molar-refractivity contribution in [2.45, 2.75) is 38.0 Å². The predicted octanol–water partition coefficient (Wildman–Crippen LogP) is 5.12. The van der Waals surface area contributed by atoms with Crippen molar-refractivity contribution < 1.29 is 15.0 Å². The zero-order valence-electron chi connectivity index (χ0n) is 27.0. The minimum Gasteiger partial charge on any atom is -0.395 e. The van der Waals surface area contributed by atoms with E-state index in [9.17, 15) is 19.8 Å². The number of para-hydroxylation sites is 1. The van der Waals surface area contributed by atoms with Gasteiger partial charge in [0, 0.05) is 29.6 Å². The lowest BCUT2D eigenvalue weighted by molar-refractivity contribution is -0.139. The van der Waals surface area contributed by atoms with Gasteiger partial charge in [0.15, 0.2) is 5.60 Å². The van der Waals surface area contributed by atoms with Gasteiger partial charge >= 0.3 is 0 Å². The summed E-state index contributed by atoms with van der Waals surface area (Å²) >= 11 is 0. The normalized spacial score (nSPS) is 17.1. The maximum absolute atomic E-state index is 14.0. The van der Waals surface area contributed by atoms with Crippen LogP contribution in [0.3, 0.4) is 0 Å². The van der Waals surface area contributed by atoms with Crippen molar-refractivity contribution in [1.29, 1.82) is 0 Å². The number of aliphatic hydroxyl groups is 2. The van der Waals surface area contributed by atoms with E-state index in [4.69, 9.17) is 0 Å². The van der Waals surface area contributed by atoms with Gasteiger partial charge in [0.25, 0.3) is 11.5 Å². The second-order valence-corrected chi connectivity index (χ2v) is 12.3. The van der Waals surface area contributed by atoms with Gasteiger partial charge < -0.3 is 15.1 Å². The first-order valence-corrected chi connectivity index (χ1v) is 16.3. The lowest BCUT2D eigenvalue weighted by Crippen LogP contribution is -2.44. The quantitative estimate of drug-likeness (QED) is 0.186. The SMILES string of the molecule is C[C@@H](/C=C/CCn1cc(C(CO)c2ccccc2)nn1)[C@]1(O)C(=O)N(Cc2ccc(-n3ncc4ccccc4c3=O)cc2)c2ccccc21. The highest BCUT2D eigenvalue weighted by Gasteiger charge is 2.52. The second kappa shape index (κ2) is 13.4. The number of benzene rings is 4. The largest absolute Gasteiger partial charge is 0.395 e. The molecule has 1 aliphatic rings. The Morgan fingerprint density at radius 2 is 1.63 bits per heavy atom. The number of anilines is 1. The van der Waals surface area contributed by atoms with Crippen LogP contribution in [0.1, 0.15) is 41.6 Å². The molecule has 1 aliphatic heterocycles. The monoisotopic (exact) mass is 652 g/mol. The van der Waals surface area contributed by atoms with E-state index in [1.165, 1.54) is 4.68 Å². The van der Waals surface area contributed by atoms with E-state index >= 15 is 0 Å². The number of hydrogen-bond donors (Lipinski definition) is 2. The number of allylic oxidation sites excluding steroid dienone is 1. The number of nitrogens with zero attached hydrogens (tertiary/aromatic N) is 6. The first-order chi connectivity index (χ1) is 23.9. The highest BCUT2D eigenvalue weighted by atomic mass is 16.3. The van der Waals surface area contributed by atoms with Crippen molar-refractivity contribution in [1.82, 2.24) is 24.8 Å². The van der Waals surface area contributed by atoms with Gasteiger partial charge in [0.2, 0.25) is 0 Å². The average molecular weight is 653 g/mol. The van der Waals surface area contributed by atoms with E-state index in [-0.39, 0.29) is 30.5 Å². The molecule has 2 N–H and O–H groups in total. The molecule has 0 saturated carbocycles. The van der Waals surface area contributed by atoms with E-state index in [1.54, 1.807) is 27.9 Å². The first-order valence-electron chi connectivity index (χ1n) is 16.3. The second-order valence-electron chi connectivity index (χ2n) is 12.3. The lowest BCUT2D eigenvalue weighted by Gasteiger charge is -2.27. The third-order valence-corrected chi connectivity index (χ3v) is 9.30. The van der Waals surface area contributed by atoms with E-state index < -0.39 is 11.5 Å². The average Bonchev–Trinajstić information content (AvgIpc) is 3.69. The van der Waals surface area contributed by atoms with Crippen molar-refractivity contribution in [2.24, 2.45) is 5.92 Å². The molecule has 0 saturated heterocycles. The smallest absolute Gasteiger partial charge is 0.279 e. The van der Waals surface area contributed by atoms with Crippen LogP contribution in [0.2, 0.25) is 0 Å². The van der Waals surface area contributed by atoms with Crippen molar-refractivity contribution in [3.8, 4) is 5.69 Å². The molecule has 1 unspecified atom stereocenters. The number of rotatable bonds is 11. The number of amides is 1. The highest BCUT2D eigenvalue weighted by molar-refractivity contribution is 6.07. The topological polar surface area (TPSA) is 126 Å². The Balaban J connectivity index is 1.04. The Morgan fingerprint density at radius 3 is 2.43 bits per heavy atom. The summed E-state index contributed by atoms with van der Waals surface area (Å²) in [7, 11) is 0. The molecule has 0 spiro atoms. The minimum absolute atomic E-state index is 0.0688. The summed E-state index contributed by atoms with van der Waals surface area (Å²) in [6, 6.07) is 31.8. The maximum atomic E-state index is 14.0. The molecule has 10 heteroatoms. The van der Waals surface area contributed by atoms with E-state index in [0.29, 0.717) is 41.0 Å². The van der Waals surface area contributed by atoms with Crippen LogP contribution < -0.4 is 10.5 Å². The molecule has 6 aromatic rings. The summed E-state index contributed by atoms with van der Waals surface area (Å²) in [5.74, 6) is -1.15. The summed E-state index contributed by atoms with van der Waals surface area (Å²) in [4.78, 5) is 28.7. The number of carbonyl (C=O) groups excluding carboxylic acids is 1. The van der Waals surface area contributed by atoms with Gasteiger partial charge in [-0.3, -0.25) is 14.3 Å². The summed E-state index contributed by atoms with van der Waals surface area (Å²) in [5, 5.41) is 36.2. The molecule has 0 radical (unpaired) electrons. The Hall–Kier alpha value is -5.71. The van der Waals surface area contributed by atoms with Gasteiger partial charge in [-0.2, -0.15) is 9.78 Å². The molecular formula is C39H36N6O4. The van der Waals surface area contributed by atoms with Crippen molar-refractivity contribution >= 4 is 22.4 Å². The Kier molecular flexibility index (Phi) is 8.73. The number of aryl methyl sites for hydroxylation is 1. The molecule has 0 bridgehead atoms. The molecule has 4 aromatic carbocycles. The highest BCUT2D eigenvalue weighted by Crippen LogP contribution is 2.45. The van der Waals surface area contributed by atoms with Crippen LogP contribution in [0.25, 0.3) is 16.5 Å². The van der Waals surface area contributed by atoms with Gasteiger partial charge in [0.1, 0.15) is 0 Å². The maximum Gasteiger partial charge on any atom is 0.279 e. The van der Waals surface area contributed by atoms with Gasteiger partial charge in [-0.1, -0.05) is 103 Å². The van der Waals surface area contributed by atoms with Gasteiger partial charge in [0.05, 0.1) is 47.7 Å². The number of hydrogen-bond acceptors (Lipinski definition) is 7. The molecule has 10 nitrogen and oxygen atoms in total.